The molecule has 2 aromatic carbocycles. The van der Waals surface area contributed by atoms with E-state index in [-0.39, 0.29) is 11.8 Å². The zero-order valence-corrected chi connectivity index (χ0v) is 19.1. The molecule has 1 aromatic heterocycles. The van der Waals surface area contributed by atoms with Crippen molar-refractivity contribution in [2.75, 3.05) is 11.1 Å². The predicted octanol–water partition coefficient (Wildman–Crippen LogP) is 5.41. The summed E-state index contributed by atoms with van der Waals surface area (Å²) in [7, 11) is 0. The Morgan fingerprint density at radius 3 is 2.65 bits per heavy atom. The highest BCUT2D eigenvalue weighted by molar-refractivity contribution is 8.01. The van der Waals surface area contributed by atoms with Crippen molar-refractivity contribution < 1.29 is 9.59 Å². The molecule has 5 nitrogen and oxygen atoms in total. The average Bonchev–Trinajstić information content (AvgIpc) is 3.20. The molecule has 2 N–H and O–H groups in total. The van der Waals surface area contributed by atoms with Gasteiger partial charge in [-0.25, -0.2) is 4.98 Å². The van der Waals surface area contributed by atoms with Crippen LogP contribution in [0.2, 0.25) is 0 Å². The lowest BCUT2D eigenvalue weighted by Crippen LogP contribution is -2.37. The van der Waals surface area contributed by atoms with E-state index in [1.165, 1.54) is 31.0 Å². The van der Waals surface area contributed by atoms with Gasteiger partial charge in [0.05, 0.1) is 16.0 Å². The minimum absolute atomic E-state index is 0.00157. The van der Waals surface area contributed by atoms with E-state index in [1.807, 2.05) is 48.5 Å². The summed E-state index contributed by atoms with van der Waals surface area (Å²) in [6.45, 7) is 0. The molecule has 0 atom stereocenters. The number of aryl methyl sites for hydroxylation is 1. The highest BCUT2D eigenvalue weighted by Gasteiger charge is 2.16. The van der Waals surface area contributed by atoms with E-state index >= 15 is 0 Å². The van der Waals surface area contributed by atoms with Crippen molar-refractivity contribution in [2.24, 2.45) is 0 Å². The topological polar surface area (TPSA) is 71.1 Å². The standard InChI is InChI=1S/C24H27N3O2S2/c28-22(14-11-17-7-3-1-4-8-17)26-19-12-13-20-21(15-19)31-24(27-20)30-16-23(29)25-18-9-5-2-6-10-18/h1,3-4,7-8,12-13,15,18H,2,5-6,9-11,14,16H2,(H,25,29)(H,26,28). The minimum atomic E-state index is 0.00157. The zero-order valence-electron chi connectivity index (χ0n) is 17.4. The van der Waals surface area contributed by atoms with Crippen LogP contribution in [0.5, 0.6) is 0 Å². The van der Waals surface area contributed by atoms with E-state index in [0.717, 1.165) is 45.1 Å². The van der Waals surface area contributed by atoms with Crippen LogP contribution in [0.25, 0.3) is 10.2 Å². The van der Waals surface area contributed by atoms with E-state index in [4.69, 9.17) is 0 Å². The van der Waals surface area contributed by atoms with E-state index in [2.05, 4.69) is 15.6 Å². The van der Waals surface area contributed by atoms with E-state index < -0.39 is 0 Å². The Balaban J connectivity index is 1.28. The van der Waals surface area contributed by atoms with E-state index in [0.29, 0.717) is 18.2 Å². The third kappa shape index (κ3) is 6.55. The molecule has 0 saturated heterocycles. The van der Waals surface area contributed by atoms with Crippen LogP contribution < -0.4 is 10.6 Å². The monoisotopic (exact) mass is 453 g/mol. The Bertz CT molecular complexity index is 1030. The van der Waals surface area contributed by atoms with Crippen molar-refractivity contribution in [3.05, 3.63) is 54.1 Å². The molecule has 7 heteroatoms. The Hall–Kier alpha value is -2.38. The molecule has 0 spiro atoms. The molecule has 0 unspecified atom stereocenters. The van der Waals surface area contributed by atoms with Crippen molar-refractivity contribution in [3.8, 4) is 0 Å². The first-order chi connectivity index (χ1) is 15.2. The summed E-state index contributed by atoms with van der Waals surface area (Å²) in [5.41, 5.74) is 2.83. The molecular formula is C24H27N3O2S2. The van der Waals surface area contributed by atoms with Gasteiger partial charge in [0.25, 0.3) is 0 Å². The number of hydrogen-bond acceptors (Lipinski definition) is 5. The number of nitrogens with zero attached hydrogens (tertiary/aromatic N) is 1. The lowest BCUT2D eigenvalue weighted by molar-refractivity contribution is -0.119. The molecule has 1 heterocycles. The number of fused-ring (bicyclic) bond motifs is 1. The fourth-order valence-electron chi connectivity index (χ4n) is 3.81. The van der Waals surface area contributed by atoms with Crippen LogP contribution >= 0.6 is 23.1 Å². The number of benzene rings is 2. The van der Waals surface area contributed by atoms with E-state index in [1.54, 1.807) is 11.3 Å². The van der Waals surface area contributed by atoms with Gasteiger partial charge in [0.2, 0.25) is 11.8 Å². The Kier molecular flexibility index (Phi) is 7.59. The fourth-order valence-corrected chi connectivity index (χ4v) is 5.73. The van der Waals surface area contributed by atoms with Gasteiger partial charge in [-0.05, 0) is 43.0 Å². The van der Waals surface area contributed by atoms with Crippen LogP contribution in [0.3, 0.4) is 0 Å². The molecule has 31 heavy (non-hydrogen) atoms. The Morgan fingerprint density at radius 1 is 1.03 bits per heavy atom. The summed E-state index contributed by atoms with van der Waals surface area (Å²) < 4.78 is 1.89. The highest BCUT2D eigenvalue weighted by atomic mass is 32.2. The van der Waals surface area contributed by atoms with Crippen molar-refractivity contribution in [3.63, 3.8) is 0 Å². The van der Waals surface area contributed by atoms with Crippen molar-refractivity contribution in [1.29, 1.82) is 0 Å². The van der Waals surface area contributed by atoms with Gasteiger partial charge in [-0.2, -0.15) is 0 Å². The number of anilines is 1. The summed E-state index contributed by atoms with van der Waals surface area (Å²) in [5.74, 6) is 0.476. The minimum Gasteiger partial charge on any atom is -0.353 e. The lowest BCUT2D eigenvalue weighted by atomic mass is 9.95. The fraction of sp³-hybridized carbons (Fsp3) is 0.375. The summed E-state index contributed by atoms with van der Waals surface area (Å²) >= 11 is 3.03. The number of carbonyl (C=O) groups excluding carboxylic acids is 2. The third-order valence-corrected chi connectivity index (χ3v) is 7.59. The maximum Gasteiger partial charge on any atom is 0.230 e. The van der Waals surface area contributed by atoms with Gasteiger partial charge in [0.15, 0.2) is 4.34 Å². The largest absolute Gasteiger partial charge is 0.353 e. The van der Waals surface area contributed by atoms with Crippen LogP contribution in [-0.4, -0.2) is 28.6 Å². The van der Waals surface area contributed by atoms with Crippen molar-refractivity contribution >= 4 is 50.8 Å². The normalized spacial score (nSPS) is 14.5. The van der Waals surface area contributed by atoms with Crippen LogP contribution in [0.4, 0.5) is 5.69 Å². The van der Waals surface area contributed by atoms with Crippen LogP contribution in [0, 0.1) is 0 Å². The first-order valence-electron chi connectivity index (χ1n) is 10.8. The second kappa shape index (κ2) is 10.8. The predicted molar refractivity (Wildman–Crippen MR) is 129 cm³/mol. The maximum absolute atomic E-state index is 12.3. The second-order valence-corrected chi connectivity index (χ2v) is 10.1. The molecule has 1 fully saturated rings. The summed E-state index contributed by atoms with van der Waals surface area (Å²) in [4.78, 5) is 29.1. The molecule has 1 aliphatic rings. The number of nitrogens with one attached hydrogen (secondary N) is 2. The number of amides is 2. The molecular weight excluding hydrogens is 426 g/mol. The van der Waals surface area contributed by atoms with Crippen LogP contribution in [0.1, 0.15) is 44.1 Å². The Morgan fingerprint density at radius 2 is 1.84 bits per heavy atom. The van der Waals surface area contributed by atoms with E-state index in [9.17, 15) is 9.59 Å². The summed E-state index contributed by atoms with van der Waals surface area (Å²) in [6.07, 6.45) is 7.06. The molecule has 4 rings (SSSR count). The zero-order chi connectivity index (χ0) is 21.5. The first-order valence-corrected chi connectivity index (χ1v) is 12.6. The third-order valence-electron chi connectivity index (χ3n) is 5.43. The molecule has 0 bridgehead atoms. The summed E-state index contributed by atoms with van der Waals surface area (Å²) in [6, 6.07) is 16.1. The first kappa shape index (κ1) is 21.8. The molecule has 0 aliphatic heterocycles. The van der Waals surface area contributed by atoms with Crippen LogP contribution in [-0.2, 0) is 16.0 Å². The van der Waals surface area contributed by atoms with Gasteiger partial charge < -0.3 is 10.6 Å². The van der Waals surface area contributed by atoms with Crippen LogP contribution in [0.15, 0.2) is 52.9 Å². The average molecular weight is 454 g/mol. The molecule has 0 radical (unpaired) electrons. The van der Waals surface area contributed by atoms with Gasteiger partial charge in [-0.15, -0.1) is 11.3 Å². The van der Waals surface area contributed by atoms with Gasteiger partial charge in [-0.3, -0.25) is 9.59 Å². The maximum atomic E-state index is 12.3. The number of thiazole rings is 1. The quantitative estimate of drug-likeness (QED) is 0.448. The molecule has 162 valence electrons. The number of thioether (sulfide) groups is 1. The second-order valence-electron chi connectivity index (χ2n) is 7.89. The number of rotatable bonds is 8. The Labute approximate surface area is 191 Å². The smallest absolute Gasteiger partial charge is 0.230 e. The molecule has 1 saturated carbocycles. The highest BCUT2D eigenvalue weighted by Crippen LogP contribution is 2.31. The number of carbonyl (C=O) groups is 2. The number of aromatic nitrogens is 1. The summed E-state index contributed by atoms with van der Waals surface area (Å²) in [5, 5.41) is 6.13. The van der Waals surface area contributed by atoms with Gasteiger partial charge >= 0.3 is 0 Å². The van der Waals surface area contributed by atoms with Gasteiger partial charge in [0.1, 0.15) is 0 Å². The molecule has 1 aliphatic carbocycles. The van der Waals surface area contributed by atoms with Gasteiger partial charge in [-0.1, -0.05) is 61.4 Å². The van der Waals surface area contributed by atoms with Crippen molar-refractivity contribution in [1.82, 2.24) is 10.3 Å². The molecule has 2 amide bonds. The lowest BCUT2D eigenvalue weighted by Gasteiger charge is -2.22. The van der Waals surface area contributed by atoms with Crippen molar-refractivity contribution in [2.45, 2.75) is 55.3 Å². The SMILES string of the molecule is O=C(CCc1ccccc1)Nc1ccc2nc(SCC(=O)NC3CCCCC3)sc2c1. The van der Waals surface area contributed by atoms with Gasteiger partial charge in [0, 0.05) is 18.2 Å². The number of hydrogen-bond donors (Lipinski definition) is 2. The molecule has 3 aromatic rings.